The minimum Gasteiger partial charge on any atom is -0.494 e. The van der Waals surface area contributed by atoms with Crippen LogP contribution in [0.4, 0.5) is 0 Å². The molecule has 88 valence electrons. The van der Waals surface area contributed by atoms with Gasteiger partial charge in [0.15, 0.2) is 0 Å². The molecular formula is C12H16BrNO2. The highest BCUT2D eigenvalue weighted by Gasteiger charge is 2.01. The molecule has 0 atom stereocenters. The summed E-state index contributed by atoms with van der Waals surface area (Å²) in [4.78, 5) is 10.9. The Hall–Kier alpha value is -1.03. The van der Waals surface area contributed by atoms with Crippen molar-refractivity contribution in [2.24, 2.45) is 5.73 Å². The van der Waals surface area contributed by atoms with Gasteiger partial charge < -0.3 is 10.5 Å². The maximum absolute atomic E-state index is 10.9. The molecule has 0 saturated carbocycles. The highest BCUT2D eigenvalue weighted by molar-refractivity contribution is 9.09. The van der Waals surface area contributed by atoms with Crippen LogP contribution in [0.1, 0.15) is 29.6 Å². The molecule has 2 N–H and O–H groups in total. The molecule has 0 fully saturated rings. The molecular weight excluding hydrogens is 270 g/mol. The van der Waals surface area contributed by atoms with Crippen LogP contribution < -0.4 is 10.5 Å². The van der Waals surface area contributed by atoms with Crippen molar-refractivity contribution in [1.82, 2.24) is 0 Å². The summed E-state index contributed by atoms with van der Waals surface area (Å²) in [5.41, 5.74) is 5.66. The van der Waals surface area contributed by atoms with Crippen molar-refractivity contribution in [3.63, 3.8) is 0 Å². The van der Waals surface area contributed by atoms with Crippen LogP contribution in [0.2, 0.25) is 0 Å². The lowest BCUT2D eigenvalue weighted by molar-refractivity contribution is 0.1000. The number of amides is 1. The molecule has 16 heavy (non-hydrogen) atoms. The van der Waals surface area contributed by atoms with Gasteiger partial charge in [-0.3, -0.25) is 4.79 Å². The van der Waals surface area contributed by atoms with Crippen molar-refractivity contribution in [3.8, 4) is 5.75 Å². The highest BCUT2D eigenvalue weighted by atomic mass is 79.9. The molecule has 0 heterocycles. The third-order valence-electron chi connectivity index (χ3n) is 2.17. The Bertz CT molecular complexity index is 342. The van der Waals surface area contributed by atoms with Crippen molar-refractivity contribution in [2.45, 2.75) is 19.3 Å². The molecule has 1 rings (SSSR count). The van der Waals surface area contributed by atoms with Crippen LogP contribution >= 0.6 is 15.9 Å². The minimum atomic E-state index is -0.426. The molecule has 0 radical (unpaired) electrons. The predicted molar refractivity (Wildman–Crippen MR) is 68.1 cm³/mol. The second-order valence-corrected chi connectivity index (χ2v) is 4.28. The summed E-state index contributed by atoms with van der Waals surface area (Å²) in [5.74, 6) is 0.278. The Morgan fingerprint density at radius 2 is 2.12 bits per heavy atom. The molecule has 4 heteroatoms. The van der Waals surface area contributed by atoms with Crippen LogP contribution in [-0.2, 0) is 0 Å². The van der Waals surface area contributed by atoms with Gasteiger partial charge in [-0.2, -0.15) is 0 Å². The van der Waals surface area contributed by atoms with E-state index in [2.05, 4.69) is 15.9 Å². The smallest absolute Gasteiger partial charge is 0.248 e. The van der Waals surface area contributed by atoms with Crippen LogP contribution in [0.5, 0.6) is 5.75 Å². The number of carbonyl (C=O) groups is 1. The van der Waals surface area contributed by atoms with E-state index in [1.54, 1.807) is 18.2 Å². The first kappa shape index (κ1) is 13.0. The molecule has 0 aliphatic carbocycles. The van der Waals surface area contributed by atoms with E-state index in [1.807, 2.05) is 6.07 Å². The zero-order valence-corrected chi connectivity index (χ0v) is 10.7. The lowest BCUT2D eigenvalue weighted by Gasteiger charge is -2.06. The van der Waals surface area contributed by atoms with E-state index in [0.717, 1.165) is 24.6 Å². The van der Waals surface area contributed by atoms with E-state index in [9.17, 15) is 4.79 Å². The third-order valence-corrected chi connectivity index (χ3v) is 2.73. The maximum atomic E-state index is 10.9. The number of hydrogen-bond acceptors (Lipinski definition) is 2. The molecule has 0 saturated heterocycles. The second-order valence-electron chi connectivity index (χ2n) is 3.49. The lowest BCUT2D eigenvalue weighted by Crippen LogP contribution is -2.10. The number of ether oxygens (including phenoxy) is 1. The van der Waals surface area contributed by atoms with E-state index in [1.165, 1.54) is 0 Å². The lowest BCUT2D eigenvalue weighted by atomic mass is 10.2. The molecule has 1 aromatic rings. The van der Waals surface area contributed by atoms with Crippen molar-refractivity contribution >= 4 is 21.8 Å². The zero-order valence-electron chi connectivity index (χ0n) is 9.12. The van der Waals surface area contributed by atoms with Crippen LogP contribution in [0, 0.1) is 0 Å². The van der Waals surface area contributed by atoms with Crippen LogP contribution in [-0.4, -0.2) is 17.8 Å². The first-order chi connectivity index (χ1) is 7.74. The van der Waals surface area contributed by atoms with Gasteiger partial charge in [-0.1, -0.05) is 22.0 Å². The van der Waals surface area contributed by atoms with Gasteiger partial charge in [0.25, 0.3) is 0 Å². The number of hydrogen-bond donors (Lipinski definition) is 1. The SMILES string of the molecule is NC(=O)c1cccc(OCCCCCBr)c1. The fourth-order valence-corrected chi connectivity index (χ4v) is 1.70. The number of alkyl halides is 1. The third kappa shape index (κ3) is 4.66. The predicted octanol–water partition coefficient (Wildman–Crippen LogP) is 2.73. The summed E-state index contributed by atoms with van der Waals surface area (Å²) in [6.07, 6.45) is 3.32. The Kier molecular flexibility index (Phi) is 5.93. The number of rotatable bonds is 7. The number of primary amides is 1. The van der Waals surface area contributed by atoms with Crippen LogP contribution in [0.15, 0.2) is 24.3 Å². The zero-order chi connectivity index (χ0) is 11.8. The van der Waals surface area contributed by atoms with Crippen LogP contribution in [0.3, 0.4) is 0 Å². The molecule has 0 aliphatic heterocycles. The van der Waals surface area contributed by atoms with E-state index >= 15 is 0 Å². The standard InChI is InChI=1S/C12H16BrNO2/c13-7-2-1-3-8-16-11-6-4-5-10(9-11)12(14)15/h4-6,9H,1-3,7-8H2,(H2,14,15). The van der Waals surface area contributed by atoms with Crippen molar-refractivity contribution in [1.29, 1.82) is 0 Å². The van der Waals surface area contributed by atoms with Gasteiger partial charge >= 0.3 is 0 Å². The fraction of sp³-hybridized carbons (Fsp3) is 0.417. The molecule has 3 nitrogen and oxygen atoms in total. The van der Waals surface area contributed by atoms with E-state index in [-0.39, 0.29) is 0 Å². The first-order valence-corrected chi connectivity index (χ1v) is 6.45. The highest BCUT2D eigenvalue weighted by Crippen LogP contribution is 2.13. The van der Waals surface area contributed by atoms with Gasteiger partial charge in [-0.15, -0.1) is 0 Å². The van der Waals surface area contributed by atoms with Gasteiger partial charge in [0.1, 0.15) is 5.75 Å². The fourth-order valence-electron chi connectivity index (χ4n) is 1.30. The van der Waals surface area contributed by atoms with Gasteiger partial charge in [0, 0.05) is 10.9 Å². The largest absolute Gasteiger partial charge is 0.494 e. The molecule has 1 amide bonds. The summed E-state index contributed by atoms with van der Waals surface area (Å²) >= 11 is 3.38. The monoisotopic (exact) mass is 285 g/mol. The second kappa shape index (κ2) is 7.28. The molecule has 1 aromatic carbocycles. The Morgan fingerprint density at radius 3 is 2.81 bits per heavy atom. The first-order valence-electron chi connectivity index (χ1n) is 5.32. The minimum absolute atomic E-state index is 0.426. The number of halogens is 1. The van der Waals surface area contributed by atoms with E-state index in [0.29, 0.717) is 17.9 Å². The Balaban J connectivity index is 2.36. The van der Waals surface area contributed by atoms with Gasteiger partial charge in [0.2, 0.25) is 5.91 Å². The Morgan fingerprint density at radius 1 is 1.31 bits per heavy atom. The van der Waals surface area contributed by atoms with E-state index in [4.69, 9.17) is 10.5 Å². The van der Waals surface area contributed by atoms with Gasteiger partial charge in [-0.25, -0.2) is 0 Å². The number of carbonyl (C=O) groups excluding carboxylic acids is 1. The normalized spacial score (nSPS) is 10.1. The molecule has 0 aliphatic rings. The summed E-state index contributed by atoms with van der Waals surface area (Å²) in [7, 11) is 0. The number of nitrogens with two attached hydrogens (primary N) is 1. The van der Waals surface area contributed by atoms with Crippen molar-refractivity contribution < 1.29 is 9.53 Å². The number of benzene rings is 1. The average Bonchev–Trinajstić information content (AvgIpc) is 2.29. The number of unbranched alkanes of at least 4 members (excludes halogenated alkanes) is 2. The topological polar surface area (TPSA) is 52.3 Å². The van der Waals surface area contributed by atoms with Crippen molar-refractivity contribution in [2.75, 3.05) is 11.9 Å². The van der Waals surface area contributed by atoms with Crippen LogP contribution in [0.25, 0.3) is 0 Å². The summed E-state index contributed by atoms with van der Waals surface area (Å²) in [6, 6.07) is 6.96. The average molecular weight is 286 g/mol. The molecule has 0 aromatic heterocycles. The summed E-state index contributed by atoms with van der Waals surface area (Å²) in [6.45, 7) is 0.676. The quantitative estimate of drug-likeness (QED) is 0.619. The molecule has 0 bridgehead atoms. The summed E-state index contributed by atoms with van der Waals surface area (Å²) < 4.78 is 5.52. The van der Waals surface area contributed by atoms with E-state index < -0.39 is 5.91 Å². The van der Waals surface area contributed by atoms with Gasteiger partial charge in [0.05, 0.1) is 6.61 Å². The van der Waals surface area contributed by atoms with Crippen molar-refractivity contribution in [3.05, 3.63) is 29.8 Å². The Labute approximate surface area is 104 Å². The summed E-state index contributed by atoms with van der Waals surface area (Å²) in [5, 5.41) is 1.03. The van der Waals surface area contributed by atoms with Gasteiger partial charge in [-0.05, 0) is 37.5 Å². The maximum Gasteiger partial charge on any atom is 0.248 e. The molecule has 0 unspecified atom stereocenters. The molecule has 0 spiro atoms.